The van der Waals surface area contributed by atoms with Crippen molar-refractivity contribution in [3.63, 3.8) is 0 Å². The molecule has 0 radical (unpaired) electrons. The Balaban J connectivity index is 1.27. The first-order valence-corrected chi connectivity index (χ1v) is 9.58. The lowest BCUT2D eigenvalue weighted by atomic mass is 10.1. The van der Waals surface area contributed by atoms with Crippen molar-refractivity contribution in [2.45, 2.75) is 19.3 Å². The molecule has 1 aliphatic heterocycles. The van der Waals surface area contributed by atoms with Gasteiger partial charge in [-0.25, -0.2) is 4.79 Å². The predicted molar refractivity (Wildman–Crippen MR) is 105 cm³/mol. The third-order valence-electron chi connectivity index (χ3n) is 4.95. The van der Waals surface area contributed by atoms with Crippen LogP contribution in [-0.4, -0.2) is 41.7 Å². The highest BCUT2D eigenvalue weighted by molar-refractivity contribution is 6.21. The highest BCUT2D eigenvalue weighted by Gasteiger charge is 2.34. The van der Waals surface area contributed by atoms with Gasteiger partial charge >= 0.3 is 5.97 Å². The van der Waals surface area contributed by atoms with E-state index in [1.165, 1.54) is 4.90 Å². The Morgan fingerprint density at radius 1 is 1.00 bits per heavy atom. The molecule has 2 aliphatic rings. The van der Waals surface area contributed by atoms with Gasteiger partial charge in [-0.2, -0.15) is 0 Å². The van der Waals surface area contributed by atoms with E-state index < -0.39 is 5.97 Å². The molecule has 1 aliphatic carbocycles. The first kappa shape index (κ1) is 18.9. The molecule has 0 atom stereocenters. The van der Waals surface area contributed by atoms with Crippen molar-refractivity contribution in [3.8, 4) is 0 Å². The predicted octanol–water partition coefficient (Wildman–Crippen LogP) is 2.88. The summed E-state index contributed by atoms with van der Waals surface area (Å²) in [6, 6.07) is 13.3. The summed E-state index contributed by atoms with van der Waals surface area (Å²) in [5, 5.41) is 2.79. The van der Waals surface area contributed by atoms with E-state index in [-0.39, 0.29) is 36.8 Å². The SMILES string of the molecule is O=C(OCCCN1C(=O)c2ccccc2C1=O)c1cccc(NC(=O)C2CC2)c1. The fraction of sp³-hybridized carbons (Fsp3) is 0.273. The van der Waals surface area contributed by atoms with Gasteiger partial charge in [-0.15, -0.1) is 0 Å². The van der Waals surface area contributed by atoms with E-state index in [0.29, 0.717) is 28.8 Å². The van der Waals surface area contributed by atoms with E-state index in [4.69, 9.17) is 4.74 Å². The van der Waals surface area contributed by atoms with Gasteiger partial charge in [-0.3, -0.25) is 19.3 Å². The summed E-state index contributed by atoms with van der Waals surface area (Å²) in [4.78, 5) is 49.9. The Kier molecular flexibility index (Phi) is 5.12. The zero-order valence-corrected chi connectivity index (χ0v) is 15.7. The molecule has 1 fully saturated rings. The average Bonchev–Trinajstić information content (AvgIpc) is 3.55. The molecule has 0 bridgehead atoms. The molecular weight excluding hydrogens is 372 g/mol. The lowest BCUT2D eigenvalue weighted by Crippen LogP contribution is -2.31. The number of imide groups is 1. The summed E-state index contributed by atoms with van der Waals surface area (Å²) in [6.45, 7) is 0.252. The summed E-state index contributed by atoms with van der Waals surface area (Å²) < 4.78 is 5.25. The molecule has 7 heteroatoms. The molecule has 0 aromatic heterocycles. The monoisotopic (exact) mass is 392 g/mol. The molecule has 1 heterocycles. The number of nitrogens with one attached hydrogen (secondary N) is 1. The van der Waals surface area contributed by atoms with E-state index >= 15 is 0 Å². The Labute approximate surface area is 167 Å². The smallest absolute Gasteiger partial charge is 0.338 e. The maximum Gasteiger partial charge on any atom is 0.338 e. The van der Waals surface area contributed by atoms with Gasteiger partial charge in [-0.1, -0.05) is 18.2 Å². The standard InChI is InChI=1S/C22H20N2O5/c25-19(14-9-10-14)23-16-6-3-5-15(13-16)22(28)29-12-4-11-24-20(26)17-7-1-2-8-18(17)21(24)27/h1-3,5-8,13-14H,4,9-12H2,(H,23,25). The van der Waals surface area contributed by atoms with Crippen LogP contribution in [0.1, 0.15) is 50.3 Å². The second-order valence-electron chi connectivity index (χ2n) is 7.14. The number of amides is 3. The fourth-order valence-electron chi connectivity index (χ4n) is 3.23. The first-order valence-electron chi connectivity index (χ1n) is 9.58. The molecule has 0 saturated heterocycles. The second kappa shape index (κ2) is 7.87. The summed E-state index contributed by atoms with van der Waals surface area (Å²) in [5.74, 6) is -1.12. The zero-order chi connectivity index (χ0) is 20.4. The molecule has 0 unspecified atom stereocenters. The number of nitrogens with zero attached hydrogens (tertiary/aromatic N) is 1. The maximum atomic E-state index is 12.3. The number of hydrogen-bond donors (Lipinski definition) is 1. The number of esters is 1. The third kappa shape index (κ3) is 4.03. The van der Waals surface area contributed by atoms with Gasteiger partial charge < -0.3 is 10.1 Å². The van der Waals surface area contributed by atoms with Crippen molar-refractivity contribution < 1.29 is 23.9 Å². The number of hydrogen-bond acceptors (Lipinski definition) is 5. The van der Waals surface area contributed by atoms with E-state index in [1.807, 2.05) is 0 Å². The highest BCUT2D eigenvalue weighted by Crippen LogP contribution is 2.30. The Morgan fingerprint density at radius 2 is 1.69 bits per heavy atom. The molecule has 2 aromatic rings. The number of rotatable bonds is 7. The number of carbonyl (C=O) groups is 4. The van der Waals surface area contributed by atoms with Crippen molar-refractivity contribution in [1.82, 2.24) is 4.90 Å². The first-order chi connectivity index (χ1) is 14.0. The van der Waals surface area contributed by atoms with E-state index in [2.05, 4.69) is 5.32 Å². The molecular formula is C22H20N2O5. The minimum absolute atomic E-state index is 0.0311. The molecule has 4 rings (SSSR count). The van der Waals surface area contributed by atoms with Crippen LogP contribution >= 0.6 is 0 Å². The van der Waals surface area contributed by atoms with Crippen LogP contribution in [0, 0.1) is 5.92 Å². The van der Waals surface area contributed by atoms with E-state index in [9.17, 15) is 19.2 Å². The van der Waals surface area contributed by atoms with Gasteiger partial charge in [0, 0.05) is 18.2 Å². The quantitative estimate of drug-likeness (QED) is 0.444. The van der Waals surface area contributed by atoms with Gasteiger partial charge in [0.15, 0.2) is 0 Å². The minimum atomic E-state index is -0.519. The van der Waals surface area contributed by atoms with Gasteiger partial charge in [0.25, 0.3) is 11.8 Å². The van der Waals surface area contributed by atoms with Crippen molar-refractivity contribution in [1.29, 1.82) is 0 Å². The Hall–Kier alpha value is -3.48. The highest BCUT2D eigenvalue weighted by atomic mass is 16.5. The topological polar surface area (TPSA) is 92.8 Å². The molecule has 7 nitrogen and oxygen atoms in total. The van der Waals surface area contributed by atoms with Crippen molar-refractivity contribution in [2.24, 2.45) is 5.92 Å². The van der Waals surface area contributed by atoms with Gasteiger partial charge in [0.05, 0.1) is 23.3 Å². The summed E-state index contributed by atoms with van der Waals surface area (Å²) in [5.41, 5.74) is 1.70. The van der Waals surface area contributed by atoms with Crippen LogP contribution in [0.3, 0.4) is 0 Å². The number of anilines is 1. The van der Waals surface area contributed by atoms with Gasteiger partial charge in [0.1, 0.15) is 0 Å². The molecule has 148 valence electrons. The van der Waals surface area contributed by atoms with E-state index in [0.717, 1.165) is 12.8 Å². The van der Waals surface area contributed by atoms with Gasteiger partial charge in [-0.05, 0) is 49.6 Å². The maximum absolute atomic E-state index is 12.3. The molecule has 1 saturated carbocycles. The number of ether oxygens (including phenoxy) is 1. The largest absolute Gasteiger partial charge is 0.462 e. The fourth-order valence-corrected chi connectivity index (χ4v) is 3.23. The molecule has 0 spiro atoms. The molecule has 29 heavy (non-hydrogen) atoms. The molecule has 1 N–H and O–H groups in total. The van der Waals surface area contributed by atoms with Crippen LogP contribution in [0.4, 0.5) is 5.69 Å². The van der Waals surface area contributed by atoms with Gasteiger partial charge in [0.2, 0.25) is 5.91 Å². The normalized spacial score (nSPS) is 15.2. The average molecular weight is 392 g/mol. The Morgan fingerprint density at radius 3 is 2.34 bits per heavy atom. The summed E-state index contributed by atoms with van der Waals surface area (Å²) in [7, 11) is 0. The number of carbonyl (C=O) groups excluding carboxylic acids is 4. The van der Waals surface area contributed by atoms with Crippen LogP contribution in [0.15, 0.2) is 48.5 Å². The van der Waals surface area contributed by atoms with Crippen molar-refractivity contribution in [2.75, 3.05) is 18.5 Å². The van der Waals surface area contributed by atoms with Crippen LogP contribution in [-0.2, 0) is 9.53 Å². The summed E-state index contributed by atoms with van der Waals surface area (Å²) in [6.07, 6.45) is 2.15. The van der Waals surface area contributed by atoms with Crippen molar-refractivity contribution >= 4 is 29.4 Å². The number of benzene rings is 2. The Bertz CT molecular complexity index is 961. The third-order valence-corrected chi connectivity index (χ3v) is 4.95. The number of fused-ring (bicyclic) bond motifs is 1. The molecule has 2 aromatic carbocycles. The zero-order valence-electron chi connectivity index (χ0n) is 15.7. The lowest BCUT2D eigenvalue weighted by Gasteiger charge is -2.13. The minimum Gasteiger partial charge on any atom is -0.462 e. The molecule has 3 amide bonds. The van der Waals surface area contributed by atoms with Crippen LogP contribution < -0.4 is 5.32 Å². The van der Waals surface area contributed by atoms with Crippen LogP contribution in [0.5, 0.6) is 0 Å². The summed E-state index contributed by atoms with van der Waals surface area (Å²) >= 11 is 0. The van der Waals surface area contributed by atoms with Crippen molar-refractivity contribution in [3.05, 3.63) is 65.2 Å². The lowest BCUT2D eigenvalue weighted by molar-refractivity contribution is -0.117. The van der Waals surface area contributed by atoms with Crippen LogP contribution in [0.2, 0.25) is 0 Å². The van der Waals surface area contributed by atoms with Crippen LogP contribution in [0.25, 0.3) is 0 Å². The van der Waals surface area contributed by atoms with E-state index in [1.54, 1.807) is 48.5 Å². The second-order valence-corrected chi connectivity index (χ2v) is 7.14.